The highest BCUT2D eigenvalue weighted by atomic mass is 16.5. The molecule has 1 aliphatic heterocycles. The SMILES string of the molecule is CN=C(NCCc1c[nH]c2cc(C)ccc12)NCc1ccc(N2CCOCC2)cc1. The minimum Gasteiger partial charge on any atom is -0.378 e. The van der Waals surface area contributed by atoms with Gasteiger partial charge in [-0.3, -0.25) is 4.99 Å². The van der Waals surface area contributed by atoms with Crippen LogP contribution in [0, 0.1) is 6.92 Å². The zero-order valence-electron chi connectivity index (χ0n) is 17.9. The number of H-pyrrole nitrogens is 1. The summed E-state index contributed by atoms with van der Waals surface area (Å²) in [7, 11) is 1.81. The predicted molar refractivity (Wildman–Crippen MR) is 124 cm³/mol. The number of guanidine groups is 1. The number of anilines is 1. The first kappa shape index (κ1) is 20.3. The summed E-state index contributed by atoms with van der Waals surface area (Å²) in [6, 6.07) is 15.3. The van der Waals surface area contributed by atoms with Gasteiger partial charge in [0.1, 0.15) is 0 Å². The van der Waals surface area contributed by atoms with Gasteiger partial charge in [-0.05, 0) is 48.2 Å². The van der Waals surface area contributed by atoms with E-state index in [4.69, 9.17) is 4.74 Å². The van der Waals surface area contributed by atoms with Crippen molar-refractivity contribution < 1.29 is 4.74 Å². The fraction of sp³-hybridized carbons (Fsp3) is 0.375. The van der Waals surface area contributed by atoms with Crippen LogP contribution in [0.4, 0.5) is 5.69 Å². The summed E-state index contributed by atoms with van der Waals surface area (Å²) in [5.74, 6) is 0.822. The monoisotopic (exact) mass is 405 g/mol. The van der Waals surface area contributed by atoms with Gasteiger partial charge < -0.3 is 25.3 Å². The molecule has 6 nitrogen and oxygen atoms in total. The second-order valence-corrected chi connectivity index (χ2v) is 7.73. The maximum Gasteiger partial charge on any atom is 0.191 e. The van der Waals surface area contributed by atoms with Crippen molar-refractivity contribution in [2.45, 2.75) is 19.9 Å². The average Bonchev–Trinajstić information content (AvgIpc) is 3.19. The molecule has 6 heteroatoms. The van der Waals surface area contributed by atoms with Crippen molar-refractivity contribution in [2.75, 3.05) is 44.8 Å². The normalized spacial score (nSPS) is 14.9. The zero-order chi connectivity index (χ0) is 20.8. The Labute approximate surface area is 178 Å². The maximum atomic E-state index is 5.43. The number of hydrogen-bond donors (Lipinski definition) is 3. The molecule has 0 atom stereocenters. The second kappa shape index (κ2) is 9.67. The van der Waals surface area contributed by atoms with E-state index in [1.165, 1.54) is 33.3 Å². The van der Waals surface area contributed by atoms with Crippen LogP contribution in [0.1, 0.15) is 16.7 Å². The molecule has 2 heterocycles. The van der Waals surface area contributed by atoms with Crippen molar-refractivity contribution in [2.24, 2.45) is 4.99 Å². The quantitative estimate of drug-likeness (QED) is 0.435. The topological polar surface area (TPSA) is 64.7 Å². The molecule has 1 fully saturated rings. The molecule has 1 aliphatic rings. The lowest BCUT2D eigenvalue weighted by atomic mass is 10.1. The van der Waals surface area contributed by atoms with Crippen LogP contribution in [0.3, 0.4) is 0 Å². The van der Waals surface area contributed by atoms with E-state index in [0.29, 0.717) is 0 Å². The number of benzene rings is 2. The van der Waals surface area contributed by atoms with Gasteiger partial charge in [-0.15, -0.1) is 0 Å². The van der Waals surface area contributed by atoms with Gasteiger partial charge in [0, 0.05) is 56.0 Å². The van der Waals surface area contributed by atoms with E-state index >= 15 is 0 Å². The van der Waals surface area contributed by atoms with E-state index in [0.717, 1.165) is 51.8 Å². The third kappa shape index (κ3) is 4.94. The Morgan fingerprint density at radius 2 is 1.90 bits per heavy atom. The minimum atomic E-state index is 0.745. The number of aromatic nitrogens is 1. The highest BCUT2D eigenvalue weighted by molar-refractivity contribution is 5.84. The van der Waals surface area contributed by atoms with E-state index in [1.807, 2.05) is 7.05 Å². The van der Waals surface area contributed by atoms with Crippen LogP contribution in [0.15, 0.2) is 53.7 Å². The molecule has 3 aromatic rings. The van der Waals surface area contributed by atoms with Gasteiger partial charge in [-0.2, -0.15) is 0 Å². The van der Waals surface area contributed by atoms with Gasteiger partial charge in [0.25, 0.3) is 0 Å². The fourth-order valence-electron chi connectivity index (χ4n) is 3.88. The van der Waals surface area contributed by atoms with E-state index in [1.54, 1.807) is 0 Å². The third-order valence-corrected chi connectivity index (χ3v) is 5.61. The van der Waals surface area contributed by atoms with E-state index in [9.17, 15) is 0 Å². The summed E-state index contributed by atoms with van der Waals surface area (Å²) in [5.41, 5.74) is 6.30. The Hall–Kier alpha value is -2.99. The van der Waals surface area contributed by atoms with Crippen LogP contribution < -0.4 is 15.5 Å². The molecule has 0 bridgehead atoms. The van der Waals surface area contributed by atoms with Crippen LogP contribution >= 0.6 is 0 Å². The van der Waals surface area contributed by atoms with Gasteiger partial charge in [0.15, 0.2) is 5.96 Å². The van der Waals surface area contributed by atoms with Gasteiger partial charge in [0.05, 0.1) is 13.2 Å². The molecule has 30 heavy (non-hydrogen) atoms. The van der Waals surface area contributed by atoms with Crippen LogP contribution in [0.2, 0.25) is 0 Å². The number of fused-ring (bicyclic) bond motifs is 1. The summed E-state index contributed by atoms with van der Waals surface area (Å²) < 4.78 is 5.43. The molecule has 0 aliphatic carbocycles. The molecule has 0 radical (unpaired) electrons. The maximum absolute atomic E-state index is 5.43. The first-order valence-corrected chi connectivity index (χ1v) is 10.7. The lowest BCUT2D eigenvalue weighted by Gasteiger charge is -2.28. The molecule has 2 aromatic carbocycles. The number of aryl methyl sites for hydroxylation is 1. The van der Waals surface area contributed by atoms with E-state index in [-0.39, 0.29) is 0 Å². The van der Waals surface area contributed by atoms with Crippen LogP contribution in [-0.2, 0) is 17.7 Å². The van der Waals surface area contributed by atoms with Crippen molar-refractivity contribution in [3.8, 4) is 0 Å². The highest BCUT2D eigenvalue weighted by Crippen LogP contribution is 2.20. The van der Waals surface area contributed by atoms with Gasteiger partial charge in [-0.1, -0.05) is 24.3 Å². The number of aliphatic imine (C=N–C) groups is 1. The number of rotatable bonds is 6. The molecule has 3 N–H and O–H groups in total. The lowest BCUT2D eigenvalue weighted by Crippen LogP contribution is -2.38. The van der Waals surface area contributed by atoms with E-state index in [2.05, 4.69) is 81.1 Å². The number of ether oxygens (including phenoxy) is 1. The van der Waals surface area contributed by atoms with Crippen LogP contribution in [-0.4, -0.2) is 50.8 Å². The summed E-state index contributed by atoms with van der Waals surface area (Å²) in [6.07, 6.45) is 3.05. The second-order valence-electron chi connectivity index (χ2n) is 7.73. The summed E-state index contributed by atoms with van der Waals surface area (Å²) in [5, 5.41) is 8.12. The molecule has 0 spiro atoms. The Bertz CT molecular complexity index is 987. The molecule has 0 saturated carbocycles. The van der Waals surface area contributed by atoms with Gasteiger partial charge in [0.2, 0.25) is 0 Å². The number of nitrogens with one attached hydrogen (secondary N) is 3. The summed E-state index contributed by atoms with van der Waals surface area (Å²) in [6.45, 7) is 7.24. The molecule has 0 amide bonds. The Morgan fingerprint density at radius 3 is 2.67 bits per heavy atom. The third-order valence-electron chi connectivity index (χ3n) is 5.61. The number of nitrogens with zero attached hydrogens (tertiary/aromatic N) is 2. The molecule has 0 unspecified atom stereocenters. The van der Waals surface area contributed by atoms with Crippen molar-refractivity contribution in [1.29, 1.82) is 0 Å². The van der Waals surface area contributed by atoms with Crippen molar-refractivity contribution in [3.05, 3.63) is 65.4 Å². The Kier molecular flexibility index (Phi) is 6.54. The lowest BCUT2D eigenvalue weighted by molar-refractivity contribution is 0.122. The number of morpholine rings is 1. The Balaban J connectivity index is 1.25. The van der Waals surface area contributed by atoms with Crippen molar-refractivity contribution >= 4 is 22.5 Å². The average molecular weight is 406 g/mol. The molecule has 158 valence electrons. The summed E-state index contributed by atoms with van der Waals surface area (Å²) >= 11 is 0. The van der Waals surface area contributed by atoms with Crippen molar-refractivity contribution in [1.82, 2.24) is 15.6 Å². The highest BCUT2D eigenvalue weighted by Gasteiger charge is 2.11. The molecule has 4 rings (SSSR count). The number of aromatic amines is 1. The van der Waals surface area contributed by atoms with E-state index < -0.39 is 0 Å². The largest absolute Gasteiger partial charge is 0.378 e. The van der Waals surface area contributed by atoms with Crippen molar-refractivity contribution in [3.63, 3.8) is 0 Å². The molecular formula is C24H31N5O. The zero-order valence-corrected chi connectivity index (χ0v) is 17.9. The first-order chi connectivity index (χ1) is 14.7. The predicted octanol–water partition coefficient (Wildman–Crippen LogP) is 3.22. The van der Waals surface area contributed by atoms with Gasteiger partial charge >= 0.3 is 0 Å². The van der Waals surface area contributed by atoms with Crippen LogP contribution in [0.25, 0.3) is 10.9 Å². The fourth-order valence-corrected chi connectivity index (χ4v) is 3.88. The molecular weight excluding hydrogens is 374 g/mol. The van der Waals surface area contributed by atoms with Crippen LogP contribution in [0.5, 0.6) is 0 Å². The standard InChI is InChI=1S/C24H31N5O/c1-18-3-8-22-20(17-27-23(22)15-18)9-10-26-24(25-2)28-16-19-4-6-21(7-5-19)29-11-13-30-14-12-29/h3-8,15,17,27H,9-14,16H2,1-2H3,(H2,25,26,28). The minimum absolute atomic E-state index is 0.745. The van der Waals surface area contributed by atoms with Gasteiger partial charge in [-0.25, -0.2) is 0 Å². The molecule has 1 saturated heterocycles. The molecule has 1 aromatic heterocycles. The Morgan fingerprint density at radius 1 is 1.10 bits per heavy atom. The number of hydrogen-bond acceptors (Lipinski definition) is 3. The smallest absolute Gasteiger partial charge is 0.191 e. The summed E-state index contributed by atoms with van der Waals surface area (Å²) in [4.78, 5) is 10.1. The first-order valence-electron chi connectivity index (χ1n) is 10.7.